The first-order valence-corrected chi connectivity index (χ1v) is 12.1. The smallest absolute Gasteiger partial charge is 0.0847 e. The lowest BCUT2D eigenvalue weighted by Gasteiger charge is -2.33. The van der Waals surface area contributed by atoms with E-state index in [4.69, 9.17) is 0 Å². The van der Waals surface area contributed by atoms with Crippen LogP contribution in [0.4, 0.5) is 5.69 Å². The minimum atomic E-state index is -0.601. The summed E-state index contributed by atoms with van der Waals surface area (Å²) >= 11 is 3.49. The van der Waals surface area contributed by atoms with Crippen molar-refractivity contribution in [2.75, 3.05) is 4.90 Å². The number of aliphatic hydroxyl groups excluding tert-OH is 1. The van der Waals surface area contributed by atoms with Gasteiger partial charge in [0.05, 0.1) is 6.10 Å². The molecule has 33 heavy (non-hydrogen) atoms. The van der Waals surface area contributed by atoms with Crippen LogP contribution in [0.25, 0.3) is 0 Å². The number of anilines is 1. The van der Waals surface area contributed by atoms with E-state index in [0.29, 0.717) is 5.92 Å². The van der Waals surface area contributed by atoms with E-state index in [9.17, 15) is 5.11 Å². The maximum Gasteiger partial charge on any atom is 0.0847 e. The molecule has 0 amide bonds. The molecule has 0 heterocycles. The number of hydrogen-bond acceptors (Lipinski definition) is 2. The highest BCUT2D eigenvalue weighted by Crippen LogP contribution is 2.36. The van der Waals surface area contributed by atoms with Gasteiger partial charge in [-0.3, -0.25) is 0 Å². The van der Waals surface area contributed by atoms with Crippen LogP contribution < -0.4 is 4.90 Å². The van der Waals surface area contributed by atoms with Crippen LogP contribution >= 0.6 is 15.9 Å². The molecular weight excluding hydrogens is 470 g/mol. The predicted molar refractivity (Wildman–Crippen MR) is 140 cm³/mol. The van der Waals surface area contributed by atoms with Crippen molar-refractivity contribution in [3.05, 3.63) is 148 Å². The quantitative estimate of drug-likeness (QED) is 0.396. The Balaban J connectivity index is 1.50. The zero-order chi connectivity index (χ0) is 22.6. The highest BCUT2D eigenvalue weighted by molar-refractivity contribution is 9.10. The van der Waals surface area contributed by atoms with E-state index in [1.54, 1.807) is 0 Å². The molecule has 0 saturated carbocycles. The molecule has 0 saturated heterocycles. The Morgan fingerprint density at radius 2 is 1.39 bits per heavy atom. The second-order valence-corrected chi connectivity index (χ2v) is 9.35. The van der Waals surface area contributed by atoms with Crippen LogP contribution in [0.3, 0.4) is 0 Å². The molecule has 0 fully saturated rings. The van der Waals surface area contributed by atoms with E-state index in [1.165, 1.54) is 5.56 Å². The Bertz CT molecular complexity index is 1210. The van der Waals surface area contributed by atoms with Crippen molar-refractivity contribution in [3.63, 3.8) is 0 Å². The molecule has 2 aliphatic rings. The lowest BCUT2D eigenvalue weighted by Crippen LogP contribution is -2.27. The Morgan fingerprint density at radius 3 is 2.09 bits per heavy atom. The van der Waals surface area contributed by atoms with Crippen molar-refractivity contribution in [3.8, 4) is 0 Å². The Morgan fingerprint density at radius 1 is 0.727 bits per heavy atom. The molecule has 0 aromatic heterocycles. The molecule has 0 aliphatic heterocycles. The maximum absolute atomic E-state index is 11.1. The number of allylic oxidation sites excluding steroid dienone is 4. The largest absolute Gasteiger partial charge is 0.388 e. The minimum absolute atomic E-state index is 0.0626. The number of aliphatic hydroxyl groups is 1. The van der Waals surface area contributed by atoms with E-state index in [2.05, 4.69) is 118 Å². The second kappa shape index (κ2) is 9.78. The maximum atomic E-state index is 11.1. The molecule has 3 atom stereocenters. The van der Waals surface area contributed by atoms with Gasteiger partial charge in [0, 0.05) is 33.4 Å². The third-order valence-corrected chi connectivity index (χ3v) is 6.78. The van der Waals surface area contributed by atoms with Gasteiger partial charge in [0.1, 0.15) is 0 Å². The highest BCUT2D eigenvalue weighted by Gasteiger charge is 2.25. The molecule has 3 heteroatoms. The SMILES string of the molecule is OC1C=C(N(C2=CC(c3ccccc3)CC=C2)c2ccccc2)C=CC1c1ccc(Br)cc1. The van der Waals surface area contributed by atoms with Gasteiger partial charge in [-0.2, -0.15) is 0 Å². The summed E-state index contributed by atoms with van der Waals surface area (Å²) in [7, 11) is 0. The van der Waals surface area contributed by atoms with E-state index >= 15 is 0 Å². The van der Waals surface area contributed by atoms with Crippen LogP contribution in [0, 0.1) is 0 Å². The number of halogens is 1. The first-order valence-electron chi connectivity index (χ1n) is 11.3. The topological polar surface area (TPSA) is 23.5 Å². The predicted octanol–water partition coefficient (Wildman–Crippen LogP) is 7.48. The molecule has 0 spiro atoms. The molecule has 3 unspecified atom stereocenters. The third kappa shape index (κ3) is 4.80. The average Bonchev–Trinajstić information content (AvgIpc) is 2.86. The molecule has 0 radical (unpaired) electrons. The first-order chi connectivity index (χ1) is 16.2. The van der Waals surface area contributed by atoms with Crippen LogP contribution in [0.15, 0.2) is 137 Å². The molecule has 2 aliphatic carbocycles. The summed E-state index contributed by atoms with van der Waals surface area (Å²) in [5.41, 5.74) is 5.59. The van der Waals surface area contributed by atoms with Crippen molar-refractivity contribution in [1.82, 2.24) is 0 Å². The Labute approximate surface area is 204 Å². The summed E-state index contributed by atoms with van der Waals surface area (Å²) in [6.45, 7) is 0. The van der Waals surface area contributed by atoms with Crippen molar-refractivity contribution >= 4 is 21.6 Å². The van der Waals surface area contributed by atoms with E-state index in [1.807, 2.05) is 24.3 Å². The molecule has 3 aromatic rings. The summed E-state index contributed by atoms with van der Waals surface area (Å²) in [5.74, 6) is 0.262. The Kier molecular flexibility index (Phi) is 6.43. The highest BCUT2D eigenvalue weighted by atomic mass is 79.9. The normalized spacial score (nSPS) is 21.9. The van der Waals surface area contributed by atoms with Gasteiger partial charge in [-0.1, -0.05) is 94.8 Å². The van der Waals surface area contributed by atoms with Crippen LogP contribution in [0.1, 0.15) is 29.4 Å². The molecule has 0 bridgehead atoms. The van der Waals surface area contributed by atoms with Crippen molar-refractivity contribution < 1.29 is 5.11 Å². The third-order valence-electron chi connectivity index (χ3n) is 6.25. The molecule has 3 aromatic carbocycles. The lowest BCUT2D eigenvalue weighted by molar-refractivity contribution is 0.204. The van der Waals surface area contributed by atoms with E-state index in [-0.39, 0.29) is 5.92 Å². The average molecular weight is 496 g/mol. The van der Waals surface area contributed by atoms with Crippen molar-refractivity contribution in [2.45, 2.75) is 24.4 Å². The second-order valence-electron chi connectivity index (χ2n) is 8.44. The summed E-state index contributed by atoms with van der Waals surface area (Å²) in [6, 6.07) is 29.2. The summed E-state index contributed by atoms with van der Waals surface area (Å²) in [4.78, 5) is 2.24. The van der Waals surface area contributed by atoms with Crippen LogP contribution in [-0.2, 0) is 0 Å². The number of nitrogens with zero attached hydrogens (tertiary/aromatic N) is 1. The van der Waals surface area contributed by atoms with Gasteiger partial charge in [-0.25, -0.2) is 0 Å². The summed E-state index contributed by atoms with van der Waals surface area (Å²) in [5, 5.41) is 11.1. The first kappa shape index (κ1) is 21.7. The van der Waals surface area contributed by atoms with Gasteiger partial charge in [0.15, 0.2) is 0 Å². The molecule has 1 N–H and O–H groups in total. The van der Waals surface area contributed by atoms with Crippen LogP contribution in [0.2, 0.25) is 0 Å². The monoisotopic (exact) mass is 495 g/mol. The van der Waals surface area contributed by atoms with Gasteiger partial charge in [0.2, 0.25) is 0 Å². The lowest BCUT2D eigenvalue weighted by atomic mass is 9.88. The number of para-hydroxylation sites is 1. The van der Waals surface area contributed by atoms with Crippen LogP contribution in [-0.4, -0.2) is 11.2 Å². The van der Waals surface area contributed by atoms with Crippen LogP contribution in [0.5, 0.6) is 0 Å². The fraction of sp³-hybridized carbons (Fsp3) is 0.133. The fourth-order valence-corrected chi connectivity index (χ4v) is 4.83. The van der Waals surface area contributed by atoms with Gasteiger partial charge in [0.25, 0.3) is 0 Å². The zero-order valence-electron chi connectivity index (χ0n) is 18.3. The van der Waals surface area contributed by atoms with Gasteiger partial charge < -0.3 is 10.0 Å². The summed E-state index contributed by atoms with van der Waals surface area (Å²) < 4.78 is 1.04. The van der Waals surface area contributed by atoms with Gasteiger partial charge in [-0.05, 0) is 60.0 Å². The molecule has 2 nitrogen and oxygen atoms in total. The van der Waals surface area contributed by atoms with Crippen molar-refractivity contribution in [2.24, 2.45) is 0 Å². The van der Waals surface area contributed by atoms with Gasteiger partial charge in [-0.15, -0.1) is 0 Å². The minimum Gasteiger partial charge on any atom is -0.388 e. The number of benzene rings is 3. The Hall–Kier alpha value is -3.14. The van der Waals surface area contributed by atoms with Crippen molar-refractivity contribution in [1.29, 1.82) is 0 Å². The molecule has 5 rings (SSSR count). The summed E-state index contributed by atoms with van der Waals surface area (Å²) in [6.07, 6.45) is 13.4. The van der Waals surface area contributed by atoms with E-state index < -0.39 is 6.10 Å². The standard InChI is InChI=1S/C30H26BrNO/c31-25-16-14-23(15-17-25)29-19-18-28(21-30(29)33)32(26-11-5-2-6-12-26)27-13-7-10-24(20-27)22-8-3-1-4-9-22/h1-9,11-21,24,29-30,33H,10H2. The van der Waals surface area contributed by atoms with E-state index in [0.717, 1.165) is 33.5 Å². The van der Waals surface area contributed by atoms with Gasteiger partial charge >= 0.3 is 0 Å². The fourth-order valence-electron chi connectivity index (χ4n) is 4.56. The molecule has 164 valence electrons. The number of hydrogen-bond donors (Lipinski definition) is 1. The zero-order valence-corrected chi connectivity index (χ0v) is 19.8. The molecular formula is C30H26BrNO. The number of rotatable bonds is 5.